The quantitative estimate of drug-likeness (QED) is 0.432. The number of fused-ring (bicyclic) bond motifs is 4. The largest absolute Gasteiger partial charge is 0.458 e. The second-order valence-corrected chi connectivity index (χ2v) is 13.8. The van der Waals surface area contributed by atoms with Crippen LogP contribution in [0.15, 0.2) is 35.7 Å². The lowest BCUT2D eigenvalue weighted by Crippen LogP contribution is -2.64. The first kappa shape index (κ1) is 26.5. The number of cyclic esters (lactones) is 1. The van der Waals surface area contributed by atoms with Gasteiger partial charge in [0.05, 0.1) is 29.3 Å². The Labute approximate surface area is 235 Å². The zero-order chi connectivity index (χ0) is 28.2. The van der Waals surface area contributed by atoms with Gasteiger partial charge in [-0.3, -0.25) is 4.79 Å². The SMILES string of the molecule is CC1=C(CO)C(=O)OC([C@@H](C)[C@H]2CC[C@H]3[C@@H]4C[C@H]5O[C@]56[C@@H](O)C=C(c5ncccn5)C(=O)[C@]6(C)[C@H]4CC[C@]23C)C1. The summed E-state index contributed by atoms with van der Waals surface area (Å²) in [6.07, 6.45) is 9.30. The highest BCUT2D eigenvalue weighted by atomic mass is 16.6. The van der Waals surface area contributed by atoms with Gasteiger partial charge in [-0.25, -0.2) is 14.8 Å². The lowest BCUT2D eigenvalue weighted by molar-refractivity contribution is -0.155. The molecule has 4 fully saturated rings. The van der Waals surface area contributed by atoms with Gasteiger partial charge in [-0.15, -0.1) is 0 Å². The number of hydrogen-bond acceptors (Lipinski definition) is 8. The molecule has 1 unspecified atom stereocenters. The summed E-state index contributed by atoms with van der Waals surface area (Å²) in [7, 11) is 0. The Balaban J connectivity index is 1.18. The van der Waals surface area contributed by atoms with Crippen LogP contribution in [0, 0.1) is 40.4 Å². The molecule has 8 nitrogen and oxygen atoms in total. The third-order valence-electron chi connectivity index (χ3n) is 12.5. The molecule has 3 heterocycles. The number of ether oxygens (including phenoxy) is 2. The van der Waals surface area contributed by atoms with Crippen molar-refractivity contribution in [3.05, 3.63) is 41.5 Å². The molecule has 1 spiro atoms. The maximum Gasteiger partial charge on any atom is 0.336 e. The van der Waals surface area contributed by atoms with Crippen LogP contribution in [0.5, 0.6) is 0 Å². The first-order valence-corrected chi connectivity index (χ1v) is 15.0. The molecule has 1 aromatic heterocycles. The molecule has 2 aliphatic heterocycles. The monoisotopic (exact) mass is 548 g/mol. The van der Waals surface area contributed by atoms with E-state index in [4.69, 9.17) is 9.47 Å². The van der Waals surface area contributed by atoms with E-state index in [-0.39, 0.29) is 47.8 Å². The van der Waals surface area contributed by atoms with Crippen LogP contribution in [0.3, 0.4) is 0 Å². The fourth-order valence-corrected chi connectivity index (χ4v) is 10.4. The van der Waals surface area contributed by atoms with Gasteiger partial charge in [0, 0.05) is 18.8 Å². The molecule has 0 bridgehead atoms. The molecule has 7 rings (SSSR count). The molecular weight excluding hydrogens is 508 g/mol. The molecule has 6 aliphatic rings. The van der Waals surface area contributed by atoms with E-state index >= 15 is 0 Å². The van der Waals surface area contributed by atoms with Crippen molar-refractivity contribution in [1.82, 2.24) is 9.97 Å². The van der Waals surface area contributed by atoms with Crippen molar-refractivity contribution in [3.63, 3.8) is 0 Å². The smallest absolute Gasteiger partial charge is 0.336 e. The highest BCUT2D eigenvalue weighted by Gasteiger charge is 2.81. The van der Waals surface area contributed by atoms with Gasteiger partial charge in [-0.2, -0.15) is 0 Å². The number of Topliss-reactive ketones (excluding diaryl/α,β-unsaturated/α-hetero) is 1. The van der Waals surface area contributed by atoms with Crippen LogP contribution in [-0.4, -0.2) is 62.5 Å². The minimum absolute atomic E-state index is 0.00351. The molecule has 0 radical (unpaired) electrons. The summed E-state index contributed by atoms with van der Waals surface area (Å²) in [5, 5.41) is 21.0. The fraction of sp³-hybridized carbons (Fsp3) is 0.688. The molecule has 1 saturated heterocycles. The summed E-state index contributed by atoms with van der Waals surface area (Å²) in [5.41, 5.74) is 0.124. The van der Waals surface area contributed by atoms with Crippen molar-refractivity contribution in [1.29, 1.82) is 0 Å². The second-order valence-electron chi connectivity index (χ2n) is 13.8. The van der Waals surface area contributed by atoms with Crippen LogP contribution < -0.4 is 0 Å². The van der Waals surface area contributed by atoms with E-state index in [1.807, 2.05) is 13.8 Å². The number of hydrogen-bond donors (Lipinski definition) is 2. The highest BCUT2D eigenvalue weighted by Crippen LogP contribution is 2.73. The Bertz CT molecular complexity index is 1330. The Morgan fingerprint density at radius 1 is 1.12 bits per heavy atom. The van der Waals surface area contributed by atoms with Crippen molar-refractivity contribution in [2.45, 2.75) is 90.1 Å². The van der Waals surface area contributed by atoms with Gasteiger partial charge in [0.25, 0.3) is 0 Å². The third-order valence-corrected chi connectivity index (χ3v) is 12.5. The van der Waals surface area contributed by atoms with E-state index in [0.717, 1.165) is 37.7 Å². The Hall–Kier alpha value is -2.42. The molecular formula is C32H40N2O6. The number of aliphatic hydroxyl groups excluding tert-OH is 2. The number of esters is 1. The van der Waals surface area contributed by atoms with Crippen LogP contribution in [0.1, 0.15) is 72.0 Å². The molecule has 0 aromatic carbocycles. The summed E-state index contributed by atoms with van der Waals surface area (Å²) in [5.74, 6) is 1.47. The summed E-state index contributed by atoms with van der Waals surface area (Å²) in [4.78, 5) is 35.7. The minimum atomic E-state index is -0.870. The van der Waals surface area contributed by atoms with E-state index in [9.17, 15) is 19.8 Å². The fourth-order valence-electron chi connectivity index (χ4n) is 10.4. The van der Waals surface area contributed by atoms with Crippen LogP contribution in [0.25, 0.3) is 5.57 Å². The van der Waals surface area contributed by atoms with E-state index in [1.54, 1.807) is 24.5 Å². The van der Waals surface area contributed by atoms with Gasteiger partial charge in [0.1, 0.15) is 17.8 Å². The van der Waals surface area contributed by atoms with Gasteiger partial charge in [-0.1, -0.05) is 19.4 Å². The average Bonchev–Trinajstić information content (AvgIpc) is 3.58. The third kappa shape index (κ3) is 3.24. The number of rotatable bonds is 4. The van der Waals surface area contributed by atoms with Gasteiger partial charge in [-0.05, 0) is 93.1 Å². The highest BCUT2D eigenvalue weighted by molar-refractivity contribution is 6.24. The lowest BCUT2D eigenvalue weighted by atomic mass is 9.43. The number of ketones is 1. The molecule has 40 heavy (non-hydrogen) atoms. The predicted molar refractivity (Wildman–Crippen MR) is 145 cm³/mol. The summed E-state index contributed by atoms with van der Waals surface area (Å²) >= 11 is 0. The number of nitrogens with zero attached hydrogens (tertiary/aromatic N) is 2. The lowest BCUT2D eigenvalue weighted by Gasteiger charge is -2.58. The van der Waals surface area contributed by atoms with Gasteiger partial charge < -0.3 is 19.7 Å². The Kier molecular flexibility index (Phi) is 5.82. The molecule has 4 aliphatic carbocycles. The maximum atomic E-state index is 14.4. The molecule has 0 amide bonds. The van der Waals surface area contributed by atoms with Crippen molar-refractivity contribution in [2.75, 3.05) is 6.61 Å². The molecule has 11 atom stereocenters. The maximum absolute atomic E-state index is 14.4. The zero-order valence-corrected chi connectivity index (χ0v) is 23.8. The second kappa shape index (κ2) is 8.79. The van der Waals surface area contributed by atoms with E-state index < -0.39 is 17.1 Å². The van der Waals surface area contributed by atoms with Crippen molar-refractivity contribution >= 4 is 17.3 Å². The predicted octanol–water partition coefficient (Wildman–Crippen LogP) is 3.67. The number of epoxide rings is 1. The topological polar surface area (TPSA) is 122 Å². The summed E-state index contributed by atoms with van der Waals surface area (Å²) in [6, 6.07) is 1.73. The normalized spacial score (nSPS) is 46.5. The van der Waals surface area contributed by atoms with Gasteiger partial charge >= 0.3 is 5.97 Å². The number of allylic oxidation sites excluding steroid dienone is 1. The first-order valence-electron chi connectivity index (χ1n) is 15.0. The van der Waals surface area contributed by atoms with Crippen LogP contribution in [-0.2, 0) is 19.1 Å². The summed E-state index contributed by atoms with van der Waals surface area (Å²) < 4.78 is 12.3. The Morgan fingerprint density at radius 3 is 2.58 bits per heavy atom. The average molecular weight is 549 g/mol. The van der Waals surface area contributed by atoms with Gasteiger partial charge in [0.15, 0.2) is 11.6 Å². The van der Waals surface area contributed by atoms with Gasteiger partial charge in [0.2, 0.25) is 0 Å². The number of aliphatic hydroxyl groups is 2. The molecule has 1 aromatic rings. The van der Waals surface area contributed by atoms with E-state index in [2.05, 4.69) is 23.8 Å². The molecule has 214 valence electrons. The standard InChI is InChI=1S/C32H40N2O6/c1-16-12-24(39-29(38)20(16)15-35)17(2)21-6-7-22-18-14-26-32(40-26)25(36)13-19(28-33-10-5-11-34-28)27(37)31(32,4)23(18)8-9-30(21,22)3/h5,10-11,13,17-18,21-26,35-36H,6-9,12,14-15H2,1-4H3/t17-,18-,21+,22-,23-,24?,25-,26+,30+,31-,32+/m0/s1. The molecule has 2 N–H and O–H groups in total. The zero-order valence-electron chi connectivity index (χ0n) is 23.8. The van der Waals surface area contributed by atoms with Crippen molar-refractivity contribution < 1.29 is 29.3 Å². The van der Waals surface area contributed by atoms with Crippen molar-refractivity contribution in [2.24, 2.45) is 40.4 Å². The molecule has 3 saturated carbocycles. The van der Waals surface area contributed by atoms with E-state index in [1.165, 1.54) is 0 Å². The minimum Gasteiger partial charge on any atom is -0.458 e. The number of carbonyl (C=O) groups is 2. The van der Waals surface area contributed by atoms with Crippen LogP contribution in [0.2, 0.25) is 0 Å². The number of carbonyl (C=O) groups excluding carboxylic acids is 2. The molecule has 8 heteroatoms. The Morgan fingerprint density at radius 2 is 1.88 bits per heavy atom. The van der Waals surface area contributed by atoms with Crippen LogP contribution in [0.4, 0.5) is 0 Å². The van der Waals surface area contributed by atoms with Crippen molar-refractivity contribution in [3.8, 4) is 0 Å². The number of aromatic nitrogens is 2. The summed E-state index contributed by atoms with van der Waals surface area (Å²) in [6.45, 7) is 8.35. The first-order chi connectivity index (χ1) is 19.1. The van der Waals surface area contributed by atoms with Crippen LogP contribution >= 0.6 is 0 Å². The van der Waals surface area contributed by atoms with E-state index in [0.29, 0.717) is 41.1 Å².